The zero-order valence-electron chi connectivity index (χ0n) is 5.92. The molecule has 0 spiro atoms. The predicted octanol–water partition coefficient (Wildman–Crippen LogP) is 0.573. The zero-order chi connectivity index (χ0) is 10.1. The molecule has 1 aromatic rings. The number of carbonyl (C=O) groups is 1. The molecule has 0 atom stereocenters. The van der Waals surface area contributed by atoms with Crippen molar-refractivity contribution >= 4 is 18.1 Å². The van der Waals surface area contributed by atoms with E-state index in [-0.39, 0.29) is 4.77 Å². The van der Waals surface area contributed by atoms with Gasteiger partial charge in [-0.15, -0.1) is 0 Å². The average Bonchev–Trinajstić information content (AvgIpc) is 2.34. The van der Waals surface area contributed by atoms with Crippen LogP contribution in [0.25, 0.3) is 0 Å². The molecule has 72 valence electrons. The van der Waals surface area contributed by atoms with Crippen LogP contribution in [0, 0.1) is 4.77 Å². The molecule has 0 saturated carbocycles. The summed E-state index contributed by atoms with van der Waals surface area (Å²) in [5, 5.41) is 5.48. The molecule has 9 heteroatoms. The van der Waals surface area contributed by atoms with Gasteiger partial charge in [0.25, 0.3) is 0 Å². The summed E-state index contributed by atoms with van der Waals surface area (Å²) in [5.74, 6) is -2.11. The van der Waals surface area contributed by atoms with E-state index in [1.54, 1.807) is 0 Å². The van der Waals surface area contributed by atoms with Gasteiger partial charge in [-0.05, 0) is 12.2 Å². The lowest BCUT2D eigenvalue weighted by Crippen LogP contribution is -2.35. The first-order valence-electron chi connectivity index (χ1n) is 2.91. The molecule has 1 aromatic heterocycles. The first-order valence-corrected chi connectivity index (χ1v) is 3.32. The molecule has 1 amide bonds. The highest BCUT2D eigenvalue weighted by Gasteiger charge is 2.39. The van der Waals surface area contributed by atoms with Crippen LogP contribution in [-0.4, -0.2) is 27.0 Å². The molecule has 0 bridgehead atoms. The van der Waals surface area contributed by atoms with Crippen LogP contribution in [0.1, 0.15) is 0 Å². The van der Waals surface area contributed by atoms with Crippen LogP contribution in [-0.2, 0) is 4.79 Å². The minimum atomic E-state index is -4.94. The summed E-state index contributed by atoms with van der Waals surface area (Å²) >= 11 is 4.49. The van der Waals surface area contributed by atoms with E-state index < -0.39 is 12.1 Å². The molecule has 13 heavy (non-hydrogen) atoms. The number of alkyl halides is 3. The fourth-order valence-electron chi connectivity index (χ4n) is 0.501. The average molecular weight is 212 g/mol. The Kier molecular flexibility index (Phi) is 2.36. The molecule has 5 nitrogen and oxygen atoms in total. The number of aromatic amines is 1. The summed E-state index contributed by atoms with van der Waals surface area (Å²) in [4.78, 5) is 10.3. The lowest BCUT2D eigenvalue weighted by Gasteiger charge is -2.06. The minimum Gasteiger partial charge on any atom is -0.263 e. The monoisotopic (exact) mass is 212 g/mol. The molecule has 0 unspecified atom stereocenters. The SMILES string of the molecule is O=C(Nn1cn[nH]c1=S)C(F)(F)F. The summed E-state index contributed by atoms with van der Waals surface area (Å²) in [6.45, 7) is 0. The molecule has 0 fully saturated rings. The van der Waals surface area contributed by atoms with E-state index >= 15 is 0 Å². The Morgan fingerprint density at radius 1 is 1.69 bits per heavy atom. The Balaban J connectivity index is 2.77. The quantitative estimate of drug-likeness (QED) is 0.669. The number of H-pyrrole nitrogens is 1. The Labute approximate surface area is 74.5 Å². The first kappa shape index (κ1) is 9.71. The van der Waals surface area contributed by atoms with Gasteiger partial charge in [-0.25, -0.2) is 4.68 Å². The molecule has 0 saturated heterocycles. The van der Waals surface area contributed by atoms with Crippen molar-refractivity contribution in [1.29, 1.82) is 0 Å². The highest BCUT2D eigenvalue weighted by molar-refractivity contribution is 7.71. The van der Waals surface area contributed by atoms with Crippen molar-refractivity contribution in [2.45, 2.75) is 6.18 Å². The van der Waals surface area contributed by atoms with Gasteiger partial charge >= 0.3 is 12.1 Å². The van der Waals surface area contributed by atoms with Crippen LogP contribution in [0.4, 0.5) is 13.2 Å². The third kappa shape index (κ3) is 2.28. The third-order valence-electron chi connectivity index (χ3n) is 1.03. The number of rotatable bonds is 1. The molecule has 0 aliphatic rings. The number of nitrogens with one attached hydrogen (secondary N) is 2. The van der Waals surface area contributed by atoms with Crippen molar-refractivity contribution in [3.8, 4) is 0 Å². The number of hydrogen-bond donors (Lipinski definition) is 2. The molecule has 0 aliphatic carbocycles. The van der Waals surface area contributed by atoms with Crippen LogP contribution in [0.5, 0.6) is 0 Å². The largest absolute Gasteiger partial charge is 0.472 e. The molecule has 0 radical (unpaired) electrons. The van der Waals surface area contributed by atoms with Gasteiger partial charge in [0.15, 0.2) is 0 Å². The summed E-state index contributed by atoms with van der Waals surface area (Å²) < 4.78 is 35.6. The number of aromatic nitrogens is 3. The van der Waals surface area contributed by atoms with Gasteiger partial charge in [0.2, 0.25) is 4.77 Å². The zero-order valence-corrected chi connectivity index (χ0v) is 6.74. The fourth-order valence-corrected chi connectivity index (χ4v) is 0.646. The van der Waals surface area contributed by atoms with Gasteiger partial charge in [-0.2, -0.15) is 18.3 Å². The van der Waals surface area contributed by atoms with Gasteiger partial charge in [0.05, 0.1) is 0 Å². The molecule has 0 aromatic carbocycles. The number of halogens is 3. The van der Waals surface area contributed by atoms with Crippen molar-refractivity contribution in [3.05, 3.63) is 11.1 Å². The van der Waals surface area contributed by atoms with Gasteiger partial charge in [-0.3, -0.25) is 15.3 Å². The van der Waals surface area contributed by atoms with Gasteiger partial charge in [0.1, 0.15) is 6.33 Å². The van der Waals surface area contributed by atoms with Gasteiger partial charge < -0.3 is 0 Å². The maximum absolute atomic E-state index is 11.7. The Bertz CT molecular complexity index is 366. The molecular formula is C4H3F3N4OS. The van der Waals surface area contributed by atoms with E-state index in [1.165, 1.54) is 5.43 Å². The van der Waals surface area contributed by atoms with Crippen molar-refractivity contribution in [1.82, 2.24) is 14.9 Å². The van der Waals surface area contributed by atoms with Crippen molar-refractivity contribution < 1.29 is 18.0 Å². The standard InChI is InChI=1S/C4H3F3N4OS/c5-4(6,7)2(12)10-11-1-8-9-3(11)13/h1H,(H,9,13)(H,10,12). The van der Waals surface area contributed by atoms with Crippen LogP contribution >= 0.6 is 12.2 Å². The Morgan fingerprint density at radius 2 is 2.31 bits per heavy atom. The maximum Gasteiger partial charge on any atom is 0.472 e. The number of nitrogens with zero attached hydrogens (tertiary/aromatic N) is 2. The normalized spacial score (nSPS) is 11.3. The van der Waals surface area contributed by atoms with Crippen LogP contribution < -0.4 is 5.43 Å². The smallest absolute Gasteiger partial charge is 0.263 e. The maximum atomic E-state index is 11.7. The van der Waals surface area contributed by atoms with Crippen molar-refractivity contribution in [3.63, 3.8) is 0 Å². The molecule has 1 rings (SSSR count). The summed E-state index contributed by atoms with van der Waals surface area (Å²) in [6.07, 6.45) is -4.02. The number of hydrogen-bond acceptors (Lipinski definition) is 3. The van der Waals surface area contributed by atoms with E-state index in [9.17, 15) is 18.0 Å². The molecule has 0 aliphatic heterocycles. The van der Waals surface area contributed by atoms with E-state index in [4.69, 9.17) is 0 Å². The van der Waals surface area contributed by atoms with E-state index in [2.05, 4.69) is 22.4 Å². The fraction of sp³-hybridized carbons (Fsp3) is 0.250. The lowest BCUT2D eigenvalue weighted by molar-refractivity contribution is -0.168. The molecule has 2 N–H and O–H groups in total. The minimum absolute atomic E-state index is 0.127. The third-order valence-corrected chi connectivity index (χ3v) is 1.32. The first-order chi connectivity index (χ1) is 5.91. The highest BCUT2D eigenvalue weighted by atomic mass is 32.1. The topological polar surface area (TPSA) is 62.7 Å². The second-order valence-corrected chi connectivity index (χ2v) is 2.36. The second-order valence-electron chi connectivity index (χ2n) is 1.97. The predicted molar refractivity (Wildman–Crippen MR) is 37.8 cm³/mol. The van der Waals surface area contributed by atoms with Gasteiger partial charge in [0, 0.05) is 0 Å². The summed E-state index contributed by atoms with van der Waals surface area (Å²) in [7, 11) is 0. The molecular weight excluding hydrogens is 209 g/mol. The van der Waals surface area contributed by atoms with Crippen LogP contribution in [0.3, 0.4) is 0 Å². The second kappa shape index (κ2) is 3.17. The number of amides is 1. The van der Waals surface area contributed by atoms with Crippen molar-refractivity contribution in [2.75, 3.05) is 5.43 Å². The van der Waals surface area contributed by atoms with E-state index in [1.807, 2.05) is 0 Å². The van der Waals surface area contributed by atoms with Crippen LogP contribution in [0.2, 0.25) is 0 Å². The Hall–Kier alpha value is -1.38. The van der Waals surface area contributed by atoms with Crippen molar-refractivity contribution in [2.24, 2.45) is 0 Å². The summed E-state index contributed by atoms with van der Waals surface area (Å²) in [6, 6.07) is 0. The Morgan fingerprint density at radius 3 is 2.69 bits per heavy atom. The summed E-state index contributed by atoms with van der Waals surface area (Å²) in [5.41, 5.74) is 1.48. The lowest BCUT2D eigenvalue weighted by atomic mass is 10.6. The van der Waals surface area contributed by atoms with E-state index in [0.717, 1.165) is 6.33 Å². The number of carbonyl (C=O) groups excluding carboxylic acids is 1. The highest BCUT2D eigenvalue weighted by Crippen LogP contribution is 2.14. The molecule has 1 heterocycles. The van der Waals surface area contributed by atoms with Crippen LogP contribution in [0.15, 0.2) is 6.33 Å². The van der Waals surface area contributed by atoms with Gasteiger partial charge in [-0.1, -0.05) is 0 Å². The van der Waals surface area contributed by atoms with E-state index in [0.29, 0.717) is 4.68 Å².